The Labute approximate surface area is 159 Å². The van der Waals surface area contributed by atoms with Crippen LogP contribution in [0.3, 0.4) is 0 Å². The van der Waals surface area contributed by atoms with E-state index in [2.05, 4.69) is 10.6 Å². The molecule has 0 aromatic heterocycles. The van der Waals surface area contributed by atoms with Crippen LogP contribution in [0.25, 0.3) is 0 Å². The number of aliphatic carboxylic acids is 1. The van der Waals surface area contributed by atoms with E-state index in [9.17, 15) is 19.5 Å². The molecule has 8 heteroatoms. The number of carboxylic acids is 1. The second-order valence-corrected chi connectivity index (χ2v) is 7.82. The highest BCUT2D eigenvalue weighted by Gasteiger charge is 2.38. The van der Waals surface area contributed by atoms with Gasteiger partial charge in [0, 0.05) is 12.0 Å². The summed E-state index contributed by atoms with van der Waals surface area (Å²) in [6.45, 7) is 8.34. The van der Waals surface area contributed by atoms with E-state index in [0.717, 1.165) is 5.56 Å². The van der Waals surface area contributed by atoms with Crippen LogP contribution in [-0.4, -0.2) is 41.4 Å². The van der Waals surface area contributed by atoms with E-state index < -0.39 is 35.2 Å². The number of carboxylic acid groups (broad SMARTS) is 1. The van der Waals surface area contributed by atoms with Gasteiger partial charge >= 0.3 is 18.2 Å². The fraction of sp³-hybridized carbons (Fsp3) is 0.526. The van der Waals surface area contributed by atoms with E-state index in [1.54, 1.807) is 34.6 Å². The average Bonchev–Trinajstić information content (AvgIpc) is 2.55. The van der Waals surface area contributed by atoms with Gasteiger partial charge in [0.25, 0.3) is 0 Å². The normalized spacial score (nSPS) is 12.6. The van der Waals surface area contributed by atoms with Crippen LogP contribution < -0.4 is 10.6 Å². The Hall–Kier alpha value is -2.77. The Balaban J connectivity index is 2.59. The zero-order valence-electron chi connectivity index (χ0n) is 16.4. The van der Waals surface area contributed by atoms with Crippen molar-refractivity contribution < 1.29 is 29.0 Å². The molecular weight excluding hydrogens is 352 g/mol. The van der Waals surface area contributed by atoms with Crippen LogP contribution in [0.2, 0.25) is 0 Å². The summed E-state index contributed by atoms with van der Waals surface area (Å²) in [7, 11) is 0. The summed E-state index contributed by atoms with van der Waals surface area (Å²) in [6.07, 6.45) is -1.51. The summed E-state index contributed by atoms with van der Waals surface area (Å²) in [5, 5.41) is 14.3. The van der Waals surface area contributed by atoms with E-state index in [1.807, 2.05) is 30.3 Å². The Morgan fingerprint density at radius 3 is 2.15 bits per heavy atom. The first-order chi connectivity index (χ1) is 12.4. The predicted molar refractivity (Wildman–Crippen MR) is 99.2 cm³/mol. The van der Waals surface area contributed by atoms with Crippen molar-refractivity contribution in [1.29, 1.82) is 0 Å². The largest absolute Gasteiger partial charge is 0.480 e. The molecule has 0 bridgehead atoms. The summed E-state index contributed by atoms with van der Waals surface area (Å²) in [5.41, 5.74) is -0.910. The lowest BCUT2D eigenvalue weighted by Crippen LogP contribution is -2.55. The number of carbonyl (C=O) groups excluding carboxylic acids is 2. The molecule has 27 heavy (non-hydrogen) atoms. The smallest absolute Gasteiger partial charge is 0.408 e. The lowest BCUT2D eigenvalue weighted by Gasteiger charge is -2.32. The third-order valence-corrected chi connectivity index (χ3v) is 3.59. The Kier molecular flexibility index (Phi) is 7.63. The average molecular weight is 380 g/mol. The zero-order chi connectivity index (χ0) is 20.7. The molecule has 0 saturated carbocycles. The van der Waals surface area contributed by atoms with Crippen LogP contribution in [0.4, 0.5) is 9.59 Å². The van der Waals surface area contributed by atoms with E-state index in [0.29, 0.717) is 0 Å². The first-order valence-corrected chi connectivity index (χ1v) is 8.57. The van der Waals surface area contributed by atoms with Crippen LogP contribution in [0.5, 0.6) is 0 Å². The molecule has 1 rings (SSSR count). The van der Waals surface area contributed by atoms with Crippen LogP contribution in [-0.2, 0) is 20.9 Å². The summed E-state index contributed by atoms with van der Waals surface area (Å²) >= 11 is 0. The molecular formula is C19H28N2O6. The molecule has 0 radical (unpaired) electrons. The molecule has 1 aromatic carbocycles. The Morgan fingerprint density at radius 1 is 1.04 bits per heavy atom. The number of carbonyl (C=O) groups is 3. The van der Waals surface area contributed by atoms with Crippen LogP contribution in [0.15, 0.2) is 30.3 Å². The SMILES string of the molecule is CC(C)(C)OC(=O)N[C@@H](C(=O)O)C(C)(C)CNC(=O)OCc1ccccc1. The molecule has 3 N–H and O–H groups in total. The number of nitrogens with one attached hydrogen (secondary N) is 2. The van der Waals surface area contributed by atoms with Crippen LogP contribution >= 0.6 is 0 Å². The maximum atomic E-state index is 11.9. The molecule has 0 fully saturated rings. The standard InChI is InChI=1S/C19H28N2O6/c1-18(2,3)27-17(25)21-14(15(22)23)19(4,5)12-20-16(24)26-11-13-9-7-6-8-10-13/h6-10,14H,11-12H2,1-5H3,(H,20,24)(H,21,25)(H,22,23)/t14-/m0/s1. The van der Waals surface area contributed by atoms with Gasteiger partial charge in [-0.2, -0.15) is 0 Å². The second-order valence-electron chi connectivity index (χ2n) is 7.82. The van der Waals surface area contributed by atoms with E-state index in [-0.39, 0.29) is 13.2 Å². The molecule has 1 aromatic rings. The molecule has 0 unspecified atom stereocenters. The molecule has 0 aliphatic rings. The summed E-state index contributed by atoms with van der Waals surface area (Å²) in [4.78, 5) is 35.4. The number of ether oxygens (including phenoxy) is 2. The minimum Gasteiger partial charge on any atom is -0.480 e. The monoisotopic (exact) mass is 380 g/mol. The molecule has 0 heterocycles. The maximum absolute atomic E-state index is 11.9. The third kappa shape index (κ3) is 8.44. The van der Waals surface area contributed by atoms with Gasteiger partial charge in [0.15, 0.2) is 0 Å². The molecule has 0 spiro atoms. The first kappa shape index (κ1) is 22.3. The molecule has 8 nitrogen and oxygen atoms in total. The van der Waals surface area contributed by atoms with Gasteiger partial charge < -0.3 is 25.2 Å². The molecule has 150 valence electrons. The molecule has 2 amide bonds. The van der Waals surface area contributed by atoms with Gasteiger partial charge in [0.05, 0.1) is 0 Å². The summed E-state index contributed by atoms with van der Waals surface area (Å²) in [6, 6.07) is 7.90. The fourth-order valence-corrected chi connectivity index (χ4v) is 2.19. The molecule has 0 aliphatic carbocycles. The minimum atomic E-state index is -1.26. The van der Waals surface area contributed by atoms with Crippen molar-refractivity contribution in [3.63, 3.8) is 0 Å². The number of hydrogen-bond acceptors (Lipinski definition) is 5. The molecule has 0 aliphatic heterocycles. The lowest BCUT2D eigenvalue weighted by atomic mass is 9.84. The van der Waals surface area contributed by atoms with Crippen LogP contribution in [0.1, 0.15) is 40.2 Å². The number of hydrogen-bond donors (Lipinski definition) is 3. The van der Waals surface area contributed by atoms with Gasteiger partial charge in [0.2, 0.25) is 0 Å². The van der Waals surface area contributed by atoms with Gasteiger partial charge in [-0.3, -0.25) is 0 Å². The van der Waals surface area contributed by atoms with Crippen molar-refractivity contribution in [1.82, 2.24) is 10.6 Å². The number of alkyl carbamates (subject to hydrolysis) is 2. The topological polar surface area (TPSA) is 114 Å². The Morgan fingerprint density at radius 2 is 1.63 bits per heavy atom. The number of benzene rings is 1. The number of rotatable bonds is 7. The first-order valence-electron chi connectivity index (χ1n) is 8.57. The van der Waals surface area contributed by atoms with Gasteiger partial charge in [-0.05, 0) is 26.3 Å². The quantitative estimate of drug-likeness (QED) is 0.670. The van der Waals surface area contributed by atoms with Gasteiger partial charge in [-0.1, -0.05) is 44.2 Å². The summed E-state index contributed by atoms with van der Waals surface area (Å²) < 4.78 is 10.2. The van der Waals surface area contributed by atoms with Gasteiger partial charge in [-0.15, -0.1) is 0 Å². The van der Waals surface area contributed by atoms with E-state index in [1.165, 1.54) is 0 Å². The lowest BCUT2D eigenvalue weighted by molar-refractivity contribution is -0.142. The van der Waals surface area contributed by atoms with Gasteiger partial charge in [0.1, 0.15) is 18.2 Å². The fourth-order valence-electron chi connectivity index (χ4n) is 2.19. The van der Waals surface area contributed by atoms with Crippen LogP contribution in [0, 0.1) is 5.41 Å². The maximum Gasteiger partial charge on any atom is 0.408 e. The number of amides is 2. The van der Waals surface area contributed by atoms with E-state index >= 15 is 0 Å². The Bertz CT molecular complexity index is 652. The third-order valence-electron chi connectivity index (χ3n) is 3.59. The zero-order valence-corrected chi connectivity index (χ0v) is 16.4. The van der Waals surface area contributed by atoms with Gasteiger partial charge in [-0.25, -0.2) is 14.4 Å². The molecule has 0 saturated heterocycles. The summed E-state index contributed by atoms with van der Waals surface area (Å²) in [5.74, 6) is -1.23. The highest BCUT2D eigenvalue weighted by Crippen LogP contribution is 2.21. The highest BCUT2D eigenvalue weighted by molar-refractivity contribution is 5.81. The predicted octanol–water partition coefficient (Wildman–Crippen LogP) is 2.92. The molecule has 1 atom stereocenters. The van der Waals surface area contributed by atoms with Crippen molar-refractivity contribution in [3.8, 4) is 0 Å². The highest BCUT2D eigenvalue weighted by atomic mass is 16.6. The van der Waals surface area contributed by atoms with Crippen molar-refractivity contribution in [2.75, 3.05) is 6.54 Å². The van der Waals surface area contributed by atoms with E-state index in [4.69, 9.17) is 9.47 Å². The van der Waals surface area contributed by atoms with Crippen molar-refractivity contribution >= 4 is 18.2 Å². The second kappa shape index (κ2) is 9.25. The van der Waals surface area contributed by atoms with Crippen molar-refractivity contribution in [2.24, 2.45) is 5.41 Å². The minimum absolute atomic E-state index is 0.0204. The van der Waals surface area contributed by atoms with Crippen molar-refractivity contribution in [3.05, 3.63) is 35.9 Å². The van der Waals surface area contributed by atoms with Crippen molar-refractivity contribution in [2.45, 2.75) is 52.9 Å².